The topological polar surface area (TPSA) is 35.2 Å². The van der Waals surface area contributed by atoms with Crippen LogP contribution in [0.2, 0.25) is 0 Å². The van der Waals surface area contributed by atoms with E-state index in [9.17, 15) is 8.78 Å². The minimum Gasteiger partial charge on any atom is -0.494 e. The van der Waals surface area contributed by atoms with Crippen molar-refractivity contribution in [3.05, 3.63) is 65.2 Å². The maximum Gasteiger partial charge on any atom is 0.165 e. The van der Waals surface area contributed by atoms with Crippen LogP contribution in [-0.4, -0.2) is 13.7 Å². The molecule has 2 aromatic rings. The Labute approximate surface area is 117 Å². The predicted octanol–water partition coefficient (Wildman–Crippen LogP) is 3.26. The first-order valence-corrected chi connectivity index (χ1v) is 6.42. The quantitative estimate of drug-likeness (QED) is 0.910. The third kappa shape index (κ3) is 3.33. The fourth-order valence-electron chi connectivity index (χ4n) is 2.22. The molecule has 2 aromatic carbocycles. The fraction of sp³-hybridized carbons (Fsp3) is 0.250. The van der Waals surface area contributed by atoms with Gasteiger partial charge in [-0.1, -0.05) is 18.2 Å². The van der Waals surface area contributed by atoms with Gasteiger partial charge in [0.05, 0.1) is 7.11 Å². The zero-order valence-electron chi connectivity index (χ0n) is 11.3. The molecule has 0 saturated carbocycles. The van der Waals surface area contributed by atoms with Gasteiger partial charge in [-0.2, -0.15) is 0 Å². The maximum absolute atomic E-state index is 13.7. The van der Waals surface area contributed by atoms with Crippen LogP contribution in [0.15, 0.2) is 42.5 Å². The summed E-state index contributed by atoms with van der Waals surface area (Å²) in [5.41, 5.74) is 7.40. The lowest BCUT2D eigenvalue weighted by Gasteiger charge is -2.16. The van der Waals surface area contributed by atoms with E-state index < -0.39 is 5.82 Å². The summed E-state index contributed by atoms with van der Waals surface area (Å²) in [6.45, 7) is 0.363. The second kappa shape index (κ2) is 6.48. The molecule has 4 heteroatoms. The van der Waals surface area contributed by atoms with Crippen molar-refractivity contribution >= 4 is 0 Å². The van der Waals surface area contributed by atoms with Gasteiger partial charge in [-0.15, -0.1) is 0 Å². The van der Waals surface area contributed by atoms with E-state index >= 15 is 0 Å². The fourth-order valence-corrected chi connectivity index (χ4v) is 2.22. The van der Waals surface area contributed by atoms with Crippen molar-refractivity contribution in [2.45, 2.75) is 12.3 Å². The first-order valence-electron chi connectivity index (χ1n) is 6.42. The standard InChI is InChI=1S/C16H17F2NO/c1-20-16-6-5-12(9-15(16)18)13(10-19)7-11-3-2-4-14(17)8-11/h2-6,8-9,13H,7,10,19H2,1H3. The van der Waals surface area contributed by atoms with Gasteiger partial charge in [0.15, 0.2) is 11.6 Å². The van der Waals surface area contributed by atoms with Gasteiger partial charge in [0.25, 0.3) is 0 Å². The first kappa shape index (κ1) is 14.5. The van der Waals surface area contributed by atoms with Gasteiger partial charge < -0.3 is 10.5 Å². The number of nitrogens with two attached hydrogens (primary N) is 1. The number of hydrogen-bond donors (Lipinski definition) is 1. The van der Waals surface area contributed by atoms with E-state index in [2.05, 4.69) is 0 Å². The molecule has 2 rings (SSSR count). The molecule has 106 valence electrons. The van der Waals surface area contributed by atoms with Crippen LogP contribution in [0, 0.1) is 11.6 Å². The summed E-state index contributed by atoms with van der Waals surface area (Å²) < 4.78 is 31.8. The average Bonchev–Trinajstić information content (AvgIpc) is 2.44. The Balaban J connectivity index is 2.22. The van der Waals surface area contributed by atoms with Crippen LogP contribution in [0.5, 0.6) is 5.75 Å². The van der Waals surface area contributed by atoms with Crippen LogP contribution in [0.25, 0.3) is 0 Å². The number of rotatable bonds is 5. The van der Waals surface area contributed by atoms with Crippen LogP contribution in [0.3, 0.4) is 0 Å². The molecular weight excluding hydrogens is 260 g/mol. The van der Waals surface area contributed by atoms with Crippen molar-refractivity contribution in [3.8, 4) is 5.75 Å². The smallest absolute Gasteiger partial charge is 0.165 e. The van der Waals surface area contributed by atoms with Gasteiger partial charge in [-0.05, 0) is 48.4 Å². The van der Waals surface area contributed by atoms with Gasteiger partial charge in [0.1, 0.15) is 5.82 Å². The molecule has 0 fully saturated rings. The molecule has 0 bridgehead atoms. The molecule has 0 aliphatic carbocycles. The van der Waals surface area contributed by atoms with Crippen LogP contribution < -0.4 is 10.5 Å². The Kier molecular flexibility index (Phi) is 4.69. The van der Waals surface area contributed by atoms with E-state index in [-0.39, 0.29) is 17.5 Å². The largest absolute Gasteiger partial charge is 0.494 e. The van der Waals surface area contributed by atoms with Crippen LogP contribution in [0.1, 0.15) is 17.0 Å². The second-order valence-electron chi connectivity index (χ2n) is 4.66. The summed E-state index contributed by atoms with van der Waals surface area (Å²) >= 11 is 0. The van der Waals surface area contributed by atoms with Crippen molar-refractivity contribution in [2.75, 3.05) is 13.7 Å². The summed E-state index contributed by atoms with van der Waals surface area (Å²) in [6, 6.07) is 11.2. The van der Waals surface area contributed by atoms with Gasteiger partial charge in [-0.25, -0.2) is 8.78 Å². The minimum atomic E-state index is -0.414. The Morgan fingerprint density at radius 2 is 1.95 bits per heavy atom. The number of ether oxygens (including phenoxy) is 1. The van der Waals surface area contributed by atoms with Crippen molar-refractivity contribution in [1.29, 1.82) is 0 Å². The molecule has 1 atom stereocenters. The Morgan fingerprint density at radius 1 is 1.15 bits per heavy atom. The molecule has 2 N–H and O–H groups in total. The highest BCUT2D eigenvalue weighted by molar-refractivity contribution is 5.32. The molecule has 0 aromatic heterocycles. The summed E-state index contributed by atoms with van der Waals surface area (Å²) in [7, 11) is 1.42. The number of halogens is 2. The zero-order valence-corrected chi connectivity index (χ0v) is 11.3. The predicted molar refractivity (Wildman–Crippen MR) is 74.9 cm³/mol. The molecule has 0 radical (unpaired) electrons. The van der Waals surface area contributed by atoms with Gasteiger partial charge in [0, 0.05) is 5.92 Å². The maximum atomic E-state index is 13.7. The van der Waals surface area contributed by atoms with Crippen molar-refractivity contribution < 1.29 is 13.5 Å². The summed E-state index contributed by atoms with van der Waals surface area (Å²) in [5.74, 6) is -0.547. The van der Waals surface area contributed by atoms with Crippen molar-refractivity contribution in [2.24, 2.45) is 5.73 Å². The molecule has 0 aliphatic heterocycles. The Morgan fingerprint density at radius 3 is 2.55 bits per heavy atom. The minimum absolute atomic E-state index is 0.0581. The monoisotopic (exact) mass is 277 g/mol. The van der Waals surface area contributed by atoms with E-state index in [0.717, 1.165) is 11.1 Å². The average molecular weight is 277 g/mol. The van der Waals surface area contributed by atoms with Crippen LogP contribution in [0.4, 0.5) is 8.78 Å². The molecule has 0 saturated heterocycles. The Hall–Kier alpha value is -1.94. The van der Waals surface area contributed by atoms with E-state index in [1.807, 2.05) is 6.07 Å². The number of hydrogen-bond acceptors (Lipinski definition) is 2. The lowest BCUT2D eigenvalue weighted by molar-refractivity contribution is 0.386. The molecule has 20 heavy (non-hydrogen) atoms. The highest BCUT2D eigenvalue weighted by Crippen LogP contribution is 2.25. The first-order chi connectivity index (χ1) is 9.63. The summed E-state index contributed by atoms with van der Waals surface area (Å²) in [6.07, 6.45) is 0.569. The highest BCUT2D eigenvalue weighted by Gasteiger charge is 2.13. The SMILES string of the molecule is COc1ccc(C(CN)Cc2cccc(F)c2)cc1F. The van der Waals surface area contributed by atoms with Crippen molar-refractivity contribution in [1.82, 2.24) is 0 Å². The van der Waals surface area contributed by atoms with E-state index in [4.69, 9.17) is 10.5 Å². The molecule has 0 amide bonds. The van der Waals surface area contributed by atoms with Crippen LogP contribution >= 0.6 is 0 Å². The molecule has 0 aliphatic rings. The molecular formula is C16H17F2NO. The second-order valence-corrected chi connectivity index (χ2v) is 4.66. The molecule has 0 spiro atoms. The third-order valence-corrected chi connectivity index (χ3v) is 3.30. The molecule has 0 heterocycles. The van der Waals surface area contributed by atoms with Gasteiger partial charge in [0.2, 0.25) is 0 Å². The molecule has 2 nitrogen and oxygen atoms in total. The van der Waals surface area contributed by atoms with Crippen molar-refractivity contribution in [3.63, 3.8) is 0 Å². The lowest BCUT2D eigenvalue weighted by Crippen LogP contribution is -2.15. The summed E-state index contributed by atoms with van der Waals surface area (Å²) in [5, 5.41) is 0. The van der Waals surface area contributed by atoms with E-state index in [1.165, 1.54) is 25.3 Å². The van der Waals surface area contributed by atoms with Gasteiger partial charge >= 0.3 is 0 Å². The van der Waals surface area contributed by atoms with E-state index in [1.54, 1.807) is 18.2 Å². The zero-order chi connectivity index (χ0) is 14.5. The normalized spacial score (nSPS) is 12.2. The molecule has 1 unspecified atom stereocenters. The summed E-state index contributed by atoms with van der Waals surface area (Å²) in [4.78, 5) is 0. The van der Waals surface area contributed by atoms with Gasteiger partial charge in [-0.3, -0.25) is 0 Å². The van der Waals surface area contributed by atoms with E-state index in [0.29, 0.717) is 13.0 Å². The highest BCUT2D eigenvalue weighted by atomic mass is 19.1. The van der Waals surface area contributed by atoms with Crippen LogP contribution in [-0.2, 0) is 6.42 Å². The lowest BCUT2D eigenvalue weighted by atomic mass is 9.92. The number of methoxy groups -OCH3 is 1. The number of benzene rings is 2. The third-order valence-electron chi connectivity index (χ3n) is 3.30. The Bertz CT molecular complexity index is 586.